The Hall–Kier alpha value is -3.08. The third-order valence-electron chi connectivity index (χ3n) is 4.38. The van der Waals surface area contributed by atoms with Crippen LogP contribution in [0.3, 0.4) is 0 Å². The third kappa shape index (κ3) is 3.40. The molecule has 0 bridgehead atoms. The zero-order valence-corrected chi connectivity index (χ0v) is 13.8. The fourth-order valence-corrected chi connectivity index (χ4v) is 3.07. The third-order valence-corrected chi connectivity index (χ3v) is 4.38. The number of hydrogen-bond donors (Lipinski definition) is 1. The fraction of sp³-hybridized carbons (Fsp3) is 0.200. The topological polar surface area (TPSA) is 58.4 Å². The van der Waals surface area contributed by atoms with Crippen LogP contribution in [0.15, 0.2) is 65.2 Å². The molecule has 0 unspecified atom stereocenters. The molecule has 1 fully saturated rings. The lowest BCUT2D eigenvalue weighted by Crippen LogP contribution is -2.18. The molecule has 1 aliphatic heterocycles. The number of aromatic nitrogens is 1. The summed E-state index contributed by atoms with van der Waals surface area (Å²) in [7, 11) is 0. The summed E-state index contributed by atoms with van der Waals surface area (Å²) in [5.41, 5.74) is 3.06. The summed E-state index contributed by atoms with van der Waals surface area (Å²) >= 11 is 0. The van der Waals surface area contributed by atoms with Crippen molar-refractivity contribution in [3.63, 3.8) is 0 Å². The van der Waals surface area contributed by atoms with Gasteiger partial charge < -0.3 is 14.7 Å². The smallest absolute Gasteiger partial charge is 0.277 e. The van der Waals surface area contributed by atoms with Crippen LogP contribution in [-0.2, 0) is 0 Å². The summed E-state index contributed by atoms with van der Waals surface area (Å²) in [5.74, 6) is 0.307. The number of nitrogens with one attached hydrogen (secondary N) is 1. The molecule has 0 radical (unpaired) electrons. The molecule has 0 spiro atoms. The molecule has 0 aliphatic carbocycles. The molecule has 1 amide bonds. The van der Waals surface area contributed by atoms with Gasteiger partial charge in [0.05, 0.1) is 0 Å². The summed E-state index contributed by atoms with van der Waals surface area (Å²) in [5, 5.41) is 6.79. The summed E-state index contributed by atoms with van der Waals surface area (Å²) < 4.78 is 5.30. The Morgan fingerprint density at radius 1 is 1.00 bits per heavy atom. The monoisotopic (exact) mass is 333 g/mol. The van der Waals surface area contributed by atoms with Crippen molar-refractivity contribution in [3.8, 4) is 11.3 Å². The molecule has 2 aromatic carbocycles. The number of hydrogen-bond acceptors (Lipinski definition) is 4. The van der Waals surface area contributed by atoms with Crippen molar-refractivity contribution < 1.29 is 9.32 Å². The first-order valence-electron chi connectivity index (χ1n) is 8.48. The minimum absolute atomic E-state index is 0.269. The number of nitrogens with zero attached hydrogens (tertiary/aromatic N) is 2. The van der Waals surface area contributed by atoms with E-state index in [4.69, 9.17) is 4.52 Å². The van der Waals surface area contributed by atoms with Gasteiger partial charge in [0.25, 0.3) is 5.91 Å². The van der Waals surface area contributed by atoms with E-state index in [0.717, 1.165) is 30.0 Å². The summed E-state index contributed by atoms with van der Waals surface area (Å²) in [6.07, 6.45) is 2.44. The first-order valence-corrected chi connectivity index (χ1v) is 8.48. The van der Waals surface area contributed by atoms with Crippen LogP contribution in [0.2, 0.25) is 0 Å². The Morgan fingerprint density at radius 2 is 1.80 bits per heavy atom. The van der Waals surface area contributed by atoms with Gasteiger partial charge in [0.2, 0.25) is 0 Å². The lowest BCUT2D eigenvalue weighted by molar-refractivity contribution is 0.101. The van der Waals surface area contributed by atoms with E-state index in [-0.39, 0.29) is 11.6 Å². The van der Waals surface area contributed by atoms with E-state index < -0.39 is 0 Å². The molecule has 0 atom stereocenters. The van der Waals surface area contributed by atoms with Gasteiger partial charge in [-0.1, -0.05) is 41.6 Å². The maximum absolute atomic E-state index is 12.4. The molecule has 4 rings (SSSR count). The lowest BCUT2D eigenvalue weighted by atomic mass is 10.1. The van der Waals surface area contributed by atoms with E-state index in [9.17, 15) is 4.79 Å². The molecule has 0 saturated carbocycles. The van der Waals surface area contributed by atoms with Crippen molar-refractivity contribution in [2.24, 2.45) is 0 Å². The number of anilines is 2. The molecule has 1 N–H and O–H groups in total. The van der Waals surface area contributed by atoms with Crippen molar-refractivity contribution in [2.45, 2.75) is 12.8 Å². The van der Waals surface area contributed by atoms with Crippen LogP contribution in [0, 0.1) is 0 Å². The average molecular weight is 333 g/mol. The number of benzene rings is 2. The van der Waals surface area contributed by atoms with Crippen molar-refractivity contribution in [1.82, 2.24) is 5.16 Å². The van der Waals surface area contributed by atoms with E-state index >= 15 is 0 Å². The molecular weight excluding hydrogens is 314 g/mol. The second-order valence-electron chi connectivity index (χ2n) is 6.14. The number of carbonyl (C=O) groups is 1. The molecule has 5 heteroatoms. The predicted octanol–water partition coefficient (Wildman–Crippen LogP) is 4.19. The van der Waals surface area contributed by atoms with Crippen LogP contribution in [-0.4, -0.2) is 24.2 Å². The first kappa shape index (κ1) is 15.4. The Kier molecular flexibility index (Phi) is 4.21. The molecule has 126 valence electrons. The van der Waals surface area contributed by atoms with Crippen molar-refractivity contribution in [3.05, 3.63) is 66.4 Å². The van der Waals surface area contributed by atoms with E-state index in [1.54, 1.807) is 6.07 Å². The van der Waals surface area contributed by atoms with Crippen molar-refractivity contribution in [2.75, 3.05) is 23.3 Å². The number of carbonyl (C=O) groups excluding carboxylic acids is 1. The molecule has 5 nitrogen and oxygen atoms in total. The Balaban J connectivity index is 1.49. The van der Waals surface area contributed by atoms with Gasteiger partial charge in [0.15, 0.2) is 11.5 Å². The number of rotatable bonds is 4. The Morgan fingerprint density at radius 3 is 2.60 bits per heavy atom. The van der Waals surface area contributed by atoms with Gasteiger partial charge in [0.1, 0.15) is 0 Å². The summed E-state index contributed by atoms with van der Waals surface area (Å²) in [6, 6.07) is 19.2. The lowest BCUT2D eigenvalue weighted by Gasteiger charge is -2.18. The van der Waals surface area contributed by atoms with Crippen LogP contribution in [0.1, 0.15) is 23.3 Å². The van der Waals surface area contributed by atoms with Gasteiger partial charge in [-0.15, -0.1) is 0 Å². The van der Waals surface area contributed by atoms with Gasteiger partial charge >= 0.3 is 0 Å². The van der Waals surface area contributed by atoms with E-state index in [0.29, 0.717) is 5.76 Å². The minimum atomic E-state index is -0.274. The quantitative estimate of drug-likeness (QED) is 0.777. The van der Waals surface area contributed by atoms with Crippen molar-refractivity contribution >= 4 is 17.3 Å². The molecule has 1 aromatic heterocycles. The van der Waals surface area contributed by atoms with Gasteiger partial charge in [-0.3, -0.25) is 4.79 Å². The van der Waals surface area contributed by atoms with Gasteiger partial charge in [0, 0.05) is 36.1 Å². The largest absolute Gasteiger partial charge is 0.371 e. The molecule has 25 heavy (non-hydrogen) atoms. The standard InChI is InChI=1S/C20H19N3O2/c24-20(18-14-19(25-22-18)15-7-2-1-3-8-15)21-16-9-6-10-17(13-16)23-11-4-5-12-23/h1-3,6-10,13-14H,4-5,11-12H2,(H,21,24). The highest BCUT2D eigenvalue weighted by Crippen LogP contribution is 2.24. The molecule has 1 saturated heterocycles. The van der Waals surface area contributed by atoms with Gasteiger partial charge in [-0.25, -0.2) is 0 Å². The second-order valence-corrected chi connectivity index (χ2v) is 6.14. The normalized spacial score (nSPS) is 13.8. The van der Waals surface area contributed by atoms with Crippen LogP contribution >= 0.6 is 0 Å². The fourth-order valence-electron chi connectivity index (χ4n) is 3.07. The van der Waals surface area contributed by atoms with Gasteiger partial charge in [-0.2, -0.15) is 0 Å². The maximum Gasteiger partial charge on any atom is 0.277 e. The van der Waals surface area contributed by atoms with E-state index in [2.05, 4.69) is 21.4 Å². The second kappa shape index (κ2) is 6.81. The highest BCUT2D eigenvalue weighted by Gasteiger charge is 2.16. The summed E-state index contributed by atoms with van der Waals surface area (Å²) in [4.78, 5) is 14.8. The highest BCUT2D eigenvalue weighted by atomic mass is 16.5. The van der Waals surface area contributed by atoms with E-state index in [1.807, 2.05) is 48.5 Å². The minimum Gasteiger partial charge on any atom is -0.371 e. The Labute approximate surface area is 146 Å². The summed E-state index contributed by atoms with van der Waals surface area (Å²) in [6.45, 7) is 2.14. The Bertz CT molecular complexity index is 867. The molecular formula is C20H19N3O2. The predicted molar refractivity (Wildman–Crippen MR) is 97.8 cm³/mol. The van der Waals surface area contributed by atoms with E-state index in [1.165, 1.54) is 12.8 Å². The number of amides is 1. The van der Waals surface area contributed by atoms with Gasteiger partial charge in [-0.05, 0) is 31.0 Å². The first-order chi connectivity index (χ1) is 12.3. The van der Waals surface area contributed by atoms with Crippen LogP contribution in [0.5, 0.6) is 0 Å². The highest BCUT2D eigenvalue weighted by molar-refractivity contribution is 6.03. The zero-order chi connectivity index (χ0) is 17.1. The zero-order valence-electron chi connectivity index (χ0n) is 13.8. The molecule has 1 aliphatic rings. The van der Waals surface area contributed by atoms with Crippen LogP contribution < -0.4 is 10.2 Å². The SMILES string of the molecule is O=C(Nc1cccc(N2CCCC2)c1)c1cc(-c2ccccc2)on1. The maximum atomic E-state index is 12.4. The van der Waals surface area contributed by atoms with Crippen molar-refractivity contribution in [1.29, 1.82) is 0 Å². The van der Waals surface area contributed by atoms with Crippen LogP contribution in [0.4, 0.5) is 11.4 Å². The molecule has 3 aromatic rings. The van der Waals surface area contributed by atoms with Crippen LogP contribution in [0.25, 0.3) is 11.3 Å². The average Bonchev–Trinajstić information content (AvgIpc) is 3.35. The molecule has 2 heterocycles.